The number of benzene rings is 4. The van der Waals surface area contributed by atoms with Crippen molar-refractivity contribution >= 4 is 5.91 Å². The van der Waals surface area contributed by atoms with Crippen LogP contribution in [-0.2, 0) is 19.8 Å². The molecule has 1 unspecified atom stereocenters. The van der Waals surface area contributed by atoms with Crippen LogP contribution < -0.4 is 14.2 Å². The number of carbonyl (C=O) groups is 1. The molecule has 1 aliphatic rings. The van der Waals surface area contributed by atoms with E-state index in [0.717, 1.165) is 22.4 Å². The molecule has 0 radical (unpaired) electrons. The summed E-state index contributed by atoms with van der Waals surface area (Å²) in [6.45, 7) is 0.924. The van der Waals surface area contributed by atoms with Crippen LogP contribution in [0.3, 0.4) is 0 Å². The second-order valence-corrected chi connectivity index (χ2v) is 8.59. The van der Waals surface area contributed by atoms with E-state index in [0.29, 0.717) is 35.8 Å². The van der Waals surface area contributed by atoms with Gasteiger partial charge in [0.2, 0.25) is 0 Å². The first-order chi connectivity index (χ1) is 17.6. The van der Waals surface area contributed by atoms with Crippen LogP contribution in [0.4, 0.5) is 0 Å². The molecule has 0 saturated carbocycles. The molecule has 0 aromatic heterocycles. The first-order valence-electron chi connectivity index (χ1n) is 11.8. The molecule has 5 rings (SSSR count). The summed E-state index contributed by atoms with van der Waals surface area (Å²) in [5, 5.41) is 11.1. The summed E-state index contributed by atoms with van der Waals surface area (Å²) in [6, 6.07) is 30.4. The number of hydrogen-bond acceptors (Lipinski definition) is 5. The van der Waals surface area contributed by atoms with Gasteiger partial charge >= 0.3 is 0 Å². The Labute approximate surface area is 210 Å². The Morgan fingerprint density at radius 3 is 1.86 bits per heavy atom. The Bertz CT molecular complexity index is 1320. The molecule has 4 aromatic rings. The number of fused-ring (bicyclic) bond motifs is 1. The number of amides is 1. The van der Waals surface area contributed by atoms with Crippen molar-refractivity contribution in [1.29, 1.82) is 0 Å². The summed E-state index contributed by atoms with van der Waals surface area (Å²) in [4.78, 5) is 14.7. The Morgan fingerprint density at radius 2 is 1.31 bits per heavy atom. The minimum atomic E-state index is -1.09. The number of ether oxygens (including phenoxy) is 3. The smallest absolute Gasteiger partial charge is 0.257 e. The number of nitrogens with zero attached hydrogens (tertiary/aromatic N) is 1. The Balaban J connectivity index is 1.41. The summed E-state index contributed by atoms with van der Waals surface area (Å²) >= 11 is 0. The van der Waals surface area contributed by atoms with Gasteiger partial charge in [-0.1, -0.05) is 72.8 Å². The topological polar surface area (TPSA) is 68.2 Å². The third kappa shape index (κ3) is 5.04. The van der Waals surface area contributed by atoms with E-state index in [1.807, 2.05) is 84.9 Å². The second-order valence-electron chi connectivity index (χ2n) is 8.59. The molecule has 1 amide bonds. The molecule has 0 bridgehead atoms. The number of carbonyl (C=O) groups excluding carboxylic acids is 1. The van der Waals surface area contributed by atoms with Crippen molar-refractivity contribution in [3.8, 4) is 17.2 Å². The molecule has 1 atom stereocenters. The molecular weight excluding hydrogens is 454 g/mol. The van der Waals surface area contributed by atoms with Crippen LogP contribution in [0.5, 0.6) is 17.2 Å². The van der Waals surface area contributed by atoms with Gasteiger partial charge in [-0.15, -0.1) is 0 Å². The van der Waals surface area contributed by atoms with E-state index in [9.17, 15) is 9.90 Å². The Morgan fingerprint density at radius 1 is 0.750 bits per heavy atom. The second kappa shape index (κ2) is 10.5. The number of rotatable bonds is 9. The predicted molar refractivity (Wildman–Crippen MR) is 136 cm³/mol. The van der Waals surface area contributed by atoms with E-state index in [-0.39, 0.29) is 12.5 Å². The summed E-state index contributed by atoms with van der Waals surface area (Å²) in [6.07, 6.45) is -1.09. The average Bonchev–Trinajstić information content (AvgIpc) is 3.16. The maximum absolute atomic E-state index is 13.3. The first kappa shape index (κ1) is 23.5. The predicted octanol–water partition coefficient (Wildman–Crippen LogP) is 5.50. The lowest BCUT2D eigenvalue weighted by Crippen LogP contribution is -2.27. The molecule has 1 N–H and O–H groups in total. The van der Waals surface area contributed by atoms with Gasteiger partial charge < -0.3 is 24.2 Å². The van der Waals surface area contributed by atoms with Crippen molar-refractivity contribution in [3.05, 3.63) is 125 Å². The van der Waals surface area contributed by atoms with Gasteiger partial charge in [0.25, 0.3) is 5.91 Å². The SMILES string of the molecule is COc1ccc(CN2C(=O)c3cc(OCc4ccccc4)c(OCc4ccccc4)cc3C2O)cc1. The lowest BCUT2D eigenvalue weighted by Gasteiger charge is -2.21. The maximum atomic E-state index is 13.3. The molecule has 0 spiro atoms. The van der Waals surface area contributed by atoms with Crippen LogP contribution in [0.15, 0.2) is 97.1 Å². The highest BCUT2D eigenvalue weighted by Crippen LogP contribution is 2.41. The van der Waals surface area contributed by atoms with Crippen molar-refractivity contribution in [2.45, 2.75) is 26.0 Å². The van der Waals surface area contributed by atoms with E-state index in [4.69, 9.17) is 14.2 Å². The van der Waals surface area contributed by atoms with E-state index in [1.165, 1.54) is 4.90 Å². The molecule has 6 heteroatoms. The van der Waals surface area contributed by atoms with E-state index >= 15 is 0 Å². The normalized spacial score (nSPS) is 14.4. The molecular formula is C30H27NO5. The average molecular weight is 482 g/mol. The Hall–Kier alpha value is -4.29. The summed E-state index contributed by atoms with van der Waals surface area (Å²) < 4.78 is 17.4. The van der Waals surface area contributed by atoms with Crippen LogP contribution >= 0.6 is 0 Å². The lowest BCUT2D eigenvalue weighted by atomic mass is 10.1. The van der Waals surface area contributed by atoms with Gasteiger partial charge in [-0.3, -0.25) is 4.79 Å². The van der Waals surface area contributed by atoms with Gasteiger partial charge in [-0.05, 0) is 41.0 Å². The van der Waals surface area contributed by atoms with E-state index in [1.54, 1.807) is 19.2 Å². The Kier molecular flexibility index (Phi) is 6.87. The van der Waals surface area contributed by atoms with Gasteiger partial charge in [-0.25, -0.2) is 0 Å². The van der Waals surface area contributed by atoms with Gasteiger partial charge in [-0.2, -0.15) is 0 Å². The zero-order valence-electron chi connectivity index (χ0n) is 20.0. The summed E-state index contributed by atoms with van der Waals surface area (Å²) in [7, 11) is 1.61. The highest BCUT2D eigenvalue weighted by Gasteiger charge is 2.37. The number of aliphatic hydroxyl groups is 1. The molecule has 6 nitrogen and oxygen atoms in total. The molecule has 182 valence electrons. The van der Waals surface area contributed by atoms with Crippen molar-refractivity contribution in [2.24, 2.45) is 0 Å². The van der Waals surface area contributed by atoms with Gasteiger partial charge in [0, 0.05) is 12.1 Å². The molecule has 0 fully saturated rings. The minimum Gasteiger partial charge on any atom is -0.497 e. The number of methoxy groups -OCH3 is 1. The zero-order valence-corrected chi connectivity index (χ0v) is 20.0. The summed E-state index contributed by atoms with van der Waals surface area (Å²) in [5.74, 6) is 1.41. The molecule has 36 heavy (non-hydrogen) atoms. The zero-order chi connectivity index (χ0) is 24.9. The van der Waals surface area contributed by atoms with Crippen LogP contribution in [0.1, 0.15) is 38.8 Å². The largest absolute Gasteiger partial charge is 0.497 e. The number of aliphatic hydroxyl groups excluding tert-OH is 1. The first-order valence-corrected chi connectivity index (χ1v) is 11.8. The molecule has 4 aromatic carbocycles. The maximum Gasteiger partial charge on any atom is 0.257 e. The van der Waals surface area contributed by atoms with Gasteiger partial charge in [0.05, 0.1) is 12.7 Å². The summed E-state index contributed by atoms with van der Waals surface area (Å²) in [5.41, 5.74) is 3.80. The highest BCUT2D eigenvalue weighted by atomic mass is 16.5. The monoisotopic (exact) mass is 481 g/mol. The van der Waals surface area contributed by atoms with Crippen molar-refractivity contribution < 1.29 is 24.1 Å². The fraction of sp³-hybridized carbons (Fsp3) is 0.167. The van der Waals surface area contributed by atoms with Crippen molar-refractivity contribution in [1.82, 2.24) is 4.90 Å². The lowest BCUT2D eigenvalue weighted by molar-refractivity contribution is 0.0136. The van der Waals surface area contributed by atoms with E-state index in [2.05, 4.69) is 0 Å². The van der Waals surface area contributed by atoms with Gasteiger partial charge in [0.15, 0.2) is 17.7 Å². The number of hydrogen-bond donors (Lipinski definition) is 1. The molecule has 0 saturated heterocycles. The van der Waals surface area contributed by atoms with Crippen LogP contribution in [0.25, 0.3) is 0 Å². The van der Waals surface area contributed by atoms with Crippen molar-refractivity contribution in [2.75, 3.05) is 7.11 Å². The highest BCUT2D eigenvalue weighted by molar-refractivity contribution is 5.99. The minimum absolute atomic E-state index is 0.257. The third-order valence-electron chi connectivity index (χ3n) is 6.17. The van der Waals surface area contributed by atoms with Crippen LogP contribution in [0.2, 0.25) is 0 Å². The third-order valence-corrected chi connectivity index (χ3v) is 6.17. The van der Waals surface area contributed by atoms with Crippen LogP contribution in [-0.4, -0.2) is 23.0 Å². The van der Waals surface area contributed by atoms with Crippen molar-refractivity contribution in [3.63, 3.8) is 0 Å². The molecule has 0 aliphatic carbocycles. The fourth-order valence-electron chi connectivity index (χ4n) is 4.19. The standard InChI is InChI=1S/C30H27NO5/c1-34-24-14-12-21(13-15-24)18-31-29(32)25-16-27(35-19-22-8-4-2-5-9-22)28(17-26(25)30(31)33)36-20-23-10-6-3-7-11-23/h2-17,29,32H,18-20H2,1H3. The van der Waals surface area contributed by atoms with Gasteiger partial charge in [0.1, 0.15) is 19.0 Å². The fourth-order valence-corrected chi connectivity index (χ4v) is 4.19. The van der Waals surface area contributed by atoms with Crippen LogP contribution in [0, 0.1) is 0 Å². The molecule has 1 aliphatic heterocycles. The van der Waals surface area contributed by atoms with E-state index < -0.39 is 6.23 Å². The quantitative estimate of drug-likeness (QED) is 0.342. The molecule has 1 heterocycles.